The summed E-state index contributed by atoms with van der Waals surface area (Å²) in [5.74, 6) is -2.86. The molecule has 0 heterocycles. The van der Waals surface area contributed by atoms with Crippen LogP contribution in [0.5, 0.6) is 5.75 Å². The van der Waals surface area contributed by atoms with Gasteiger partial charge in [-0.25, -0.2) is 9.59 Å². The van der Waals surface area contributed by atoms with Crippen molar-refractivity contribution in [1.82, 2.24) is 10.6 Å². The first-order valence-corrected chi connectivity index (χ1v) is 10.9. The normalized spacial score (nSPS) is 12.6. The Hall–Kier alpha value is -4.25. The minimum Gasteiger partial charge on any atom is -0.478 e. The van der Waals surface area contributed by atoms with Crippen molar-refractivity contribution in [3.8, 4) is 5.75 Å². The van der Waals surface area contributed by atoms with Gasteiger partial charge in [0, 0.05) is 18.2 Å². The van der Waals surface area contributed by atoms with E-state index < -0.39 is 48.1 Å². The molecule has 36 heavy (non-hydrogen) atoms. The molecule has 0 radical (unpaired) electrons. The number of methoxy groups -OCH3 is 1. The number of carbonyl (C=O) groups is 4. The fraction of sp³-hybridized carbons (Fsp3) is 0.320. The number of ketones is 1. The maximum absolute atomic E-state index is 12.6. The van der Waals surface area contributed by atoms with Gasteiger partial charge in [-0.3, -0.25) is 20.3 Å². The third kappa shape index (κ3) is 8.84. The minimum atomic E-state index is -1.77. The average molecular weight is 500 g/mol. The van der Waals surface area contributed by atoms with E-state index in [2.05, 4.69) is 10.6 Å². The summed E-state index contributed by atoms with van der Waals surface area (Å²) in [5.41, 5.74) is -0.198. The van der Waals surface area contributed by atoms with E-state index in [0.717, 1.165) is 0 Å². The summed E-state index contributed by atoms with van der Waals surface area (Å²) in [4.78, 5) is 48.6. The zero-order valence-corrected chi connectivity index (χ0v) is 20.4. The fourth-order valence-electron chi connectivity index (χ4n) is 2.87. The highest BCUT2D eigenvalue weighted by atomic mass is 16.6. The highest BCUT2D eigenvalue weighted by Crippen LogP contribution is 2.14. The van der Waals surface area contributed by atoms with Crippen LogP contribution in [0.25, 0.3) is 0 Å². The number of alkyl carbamates (subject to hydrolysis) is 1. The Labute approximate surface area is 208 Å². The van der Waals surface area contributed by atoms with Crippen molar-refractivity contribution in [2.45, 2.75) is 45.1 Å². The summed E-state index contributed by atoms with van der Waals surface area (Å²) in [6.45, 7) is 5.09. The van der Waals surface area contributed by atoms with Crippen LogP contribution in [0.4, 0.5) is 4.79 Å². The summed E-state index contributed by atoms with van der Waals surface area (Å²) >= 11 is 0. The third-order valence-corrected chi connectivity index (χ3v) is 4.54. The van der Waals surface area contributed by atoms with Crippen molar-refractivity contribution in [2.24, 2.45) is 0 Å². The molecule has 0 saturated heterocycles. The Bertz CT molecular complexity index is 1090. The summed E-state index contributed by atoms with van der Waals surface area (Å²) in [7, 11) is 1.26. The zero-order chi connectivity index (χ0) is 26.9. The Morgan fingerprint density at radius 1 is 0.972 bits per heavy atom. The van der Waals surface area contributed by atoms with E-state index in [4.69, 9.17) is 19.6 Å². The van der Waals surface area contributed by atoms with Gasteiger partial charge in [0.25, 0.3) is 12.0 Å². The van der Waals surface area contributed by atoms with Crippen LogP contribution in [-0.2, 0) is 19.1 Å². The van der Waals surface area contributed by atoms with Gasteiger partial charge in [-0.05, 0) is 45.0 Å². The standard InChI is InChI=1S/C25H29N3O8/c1-25(2,3)36-24(33)28-21(26)15-10-12-16(13-11-15)22(30)27-19(34-4)14-18(29)20(23(31)32)35-17-8-6-5-7-9-17/h5-13,19-20H,14H2,1-4H3,(H,27,30)(H,31,32)(H2,26,28,33). The molecule has 2 atom stereocenters. The molecule has 0 aliphatic heterocycles. The van der Waals surface area contributed by atoms with Gasteiger partial charge in [-0.2, -0.15) is 0 Å². The van der Waals surface area contributed by atoms with Gasteiger partial charge in [0.05, 0.1) is 6.42 Å². The van der Waals surface area contributed by atoms with Crippen LogP contribution < -0.4 is 15.4 Å². The lowest BCUT2D eigenvalue weighted by Gasteiger charge is -2.20. The Kier molecular flexibility index (Phi) is 9.68. The molecule has 11 nitrogen and oxygen atoms in total. The summed E-state index contributed by atoms with van der Waals surface area (Å²) < 4.78 is 15.5. The van der Waals surface area contributed by atoms with Crippen LogP contribution in [0.1, 0.15) is 43.1 Å². The quantitative estimate of drug-likeness (QED) is 0.168. The monoisotopic (exact) mass is 499 g/mol. The second kappa shape index (κ2) is 12.5. The fourth-order valence-corrected chi connectivity index (χ4v) is 2.87. The van der Waals surface area contributed by atoms with Gasteiger partial charge < -0.3 is 24.6 Å². The number of carboxylic acids is 1. The van der Waals surface area contributed by atoms with Crippen molar-refractivity contribution in [1.29, 1.82) is 5.41 Å². The molecule has 0 spiro atoms. The Balaban J connectivity index is 1.98. The van der Waals surface area contributed by atoms with E-state index >= 15 is 0 Å². The number of amides is 2. The van der Waals surface area contributed by atoms with Crippen molar-refractivity contribution in [3.05, 3.63) is 65.7 Å². The summed E-state index contributed by atoms with van der Waals surface area (Å²) in [6, 6.07) is 13.8. The van der Waals surface area contributed by atoms with Gasteiger partial charge >= 0.3 is 12.1 Å². The molecule has 0 saturated carbocycles. The van der Waals surface area contributed by atoms with Crippen LogP contribution in [0.2, 0.25) is 0 Å². The highest BCUT2D eigenvalue weighted by Gasteiger charge is 2.31. The second-order valence-corrected chi connectivity index (χ2v) is 8.60. The predicted molar refractivity (Wildman–Crippen MR) is 129 cm³/mol. The maximum atomic E-state index is 12.6. The lowest BCUT2D eigenvalue weighted by Crippen LogP contribution is -2.43. The number of Topliss-reactive ketones (excluding diaryl/α,β-unsaturated/α-hetero) is 1. The van der Waals surface area contributed by atoms with Crippen LogP contribution in [0.3, 0.4) is 0 Å². The number of aliphatic carboxylic acids is 1. The number of carbonyl (C=O) groups excluding carboxylic acids is 3. The van der Waals surface area contributed by atoms with Crippen LogP contribution >= 0.6 is 0 Å². The van der Waals surface area contributed by atoms with Gasteiger partial charge in [0.1, 0.15) is 23.4 Å². The SMILES string of the molecule is COC(CC(=O)C(Oc1ccccc1)C(=O)O)NC(=O)c1ccc(C(=N)NC(=O)OC(C)(C)C)cc1. The molecule has 4 N–H and O–H groups in total. The first-order valence-electron chi connectivity index (χ1n) is 10.9. The first kappa shape index (κ1) is 28.0. The van der Waals surface area contributed by atoms with Gasteiger partial charge in [-0.1, -0.05) is 30.3 Å². The molecule has 11 heteroatoms. The maximum Gasteiger partial charge on any atom is 0.413 e. The van der Waals surface area contributed by atoms with E-state index in [-0.39, 0.29) is 17.1 Å². The molecule has 2 amide bonds. The number of amidine groups is 1. The van der Waals surface area contributed by atoms with E-state index in [0.29, 0.717) is 5.56 Å². The van der Waals surface area contributed by atoms with Crippen molar-refractivity contribution in [3.63, 3.8) is 0 Å². The molecule has 2 aromatic carbocycles. The lowest BCUT2D eigenvalue weighted by atomic mass is 10.1. The molecule has 2 rings (SSSR count). The summed E-state index contributed by atoms with van der Waals surface area (Å²) in [6.07, 6.45) is -4.12. The van der Waals surface area contributed by atoms with Crippen LogP contribution in [0.15, 0.2) is 54.6 Å². The molecule has 0 aliphatic carbocycles. The van der Waals surface area contributed by atoms with Crippen molar-refractivity contribution >= 4 is 29.6 Å². The number of hydrogen-bond donors (Lipinski definition) is 4. The predicted octanol–water partition coefficient (Wildman–Crippen LogP) is 2.73. The molecule has 0 bridgehead atoms. The minimum absolute atomic E-state index is 0.189. The smallest absolute Gasteiger partial charge is 0.413 e. The number of nitrogens with one attached hydrogen (secondary N) is 3. The highest BCUT2D eigenvalue weighted by molar-refractivity contribution is 6.05. The largest absolute Gasteiger partial charge is 0.478 e. The zero-order valence-electron chi connectivity index (χ0n) is 20.4. The van der Waals surface area contributed by atoms with Crippen LogP contribution in [-0.4, -0.2) is 59.7 Å². The molecule has 0 fully saturated rings. The molecule has 2 aromatic rings. The number of rotatable bonds is 10. The van der Waals surface area contributed by atoms with E-state index in [1.54, 1.807) is 39.0 Å². The van der Waals surface area contributed by atoms with Crippen molar-refractivity contribution in [2.75, 3.05) is 7.11 Å². The van der Waals surface area contributed by atoms with E-state index in [1.165, 1.54) is 43.5 Å². The molecular formula is C25H29N3O8. The summed E-state index contributed by atoms with van der Waals surface area (Å²) in [5, 5.41) is 22.2. The first-order chi connectivity index (χ1) is 16.9. The van der Waals surface area contributed by atoms with Crippen LogP contribution in [0, 0.1) is 5.41 Å². The number of ether oxygens (including phenoxy) is 3. The Morgan fingerprint density at radius 2 is 1.56 bits per heavy atom. The molecule has 0 aromatic heterocycles. The van der Waals surface area contributed by atoms with Gasteiger partial charge in [0.15, 0.2) is 5.78 Å². The molecule has 2 unspecified atom stereocenters. The third-order valence-electron chi connectivity index (χ3n) is 4.54. The van der Waals surface area contributed by atoms with E-state index in [1.807, 2.05) is 0 Å². The number of hydrogen-bond acceptors (Lipinski definition) is 8. The number of benzene rings is 2. The molecule has 0 aliphatic rings. The van der Waals surface area contributed by atoms with E-state index in [9.17, 15) is 24.3 Å². The average Bonchev–Trinajstić information content (AvgIpc) is 2.81. The number of carboxylic acid groups (broad SMARTS) is 1. The number of para-hydroxylation sites is 1. The molecular weight excluding hydrogens is 470 g/mol. The second-order valence-electron chi connectivity index (χ2n) is 8.60. The Morgan fingerprint density at radius 3 is 2.08 bits per heavy atom. The molecule has 192 valence electrons. The lowest BCUT2D eigenvalue weighted by molar-refractivity contribution is -0.151. The topological polar surface area (TPSA) is 164 Å². The van der Waals surface area contributed by atoms with Gasteiger partial charge in [0.2, 0.25) is 0 Å². The van der Waals surface area contributed by atoms with Crippen molar-refractivity contribution < 1.29 is 38.5 Å². The van der Waals surface area contributed by atoms with Gasteiger partial charge in [-0.15, -0.1) is 0 Å².